The minimum Gasteiger partial charge on any atom is -0.497 e. The molecule has 0 aliphatic heterocycles. The summed E-state index contributed by atoms with van der Waals surface area (Å²) >= 11 is 5.86. The number of esters is 1. The third kappa shape index (κ3) is 5.87. The molecule has 0 saturated heterocycles. The highest BCUT2D eigenvalue weighted by atomic mass is 35.5. The van der Waals surface area contributed by atoms with Gasteiger partial charge in [0, 0.05) is 10.7 Å². The Labute approximate surface area is 162 Å². The Morgan fingerprint density at radius 1 is 1.22 bits per heavy atom. The predicted octanol–water partition coefficient (Wildman–Crippen LogP) is 3.83. The van der Waals surface area contributed by atoms with Gasteiger partial charge in [-0.25, -0.2) is 4.79 Å². The van der Waals surface area contributed by atoms with Gasteiger partial charge in [-0.2, -0.15) is 5.26 Å². The molecule has 0 saturated carbocycles. The fourth-order valence-electron chi connectivity index (χ4n) is 2.12. The molecule has 0 heterocycles. The normalized spacial score (nSPS) is 11.9. The fraction of sp³-hybridized carbons (Fsp3) is 0.150. The molecule has 2 rings (SSSR count). The molecule has 0 unspecified atom stereocenters. The van der Waals surface area contributed by atoms with Crippen molar-refractivity contribution in [3.05, 3.63) is 64.7 Å². The molecule has 2 aromatic rings. The predicted molar refractivity (Wildman–Crippen MR) is 102 cm³/mol. The number of nitrogens with zero attached hydrogens (tertiary/aromatic N) is 1. The molecule has 27 heavy (non-hydrogen) atoms. The average molecular weight is 385 g/mol. The monoisotopic (exact) mass is 384 g/mol. The zero-order valence-corrected chi connectivity index (χ0v) is 15.5. The Bertz CT molecular complexity index is 918. The maximum atomic E-state index is 12.2. The van der Waals surface area contributed by atoms with Gasteiger partial charge < -0.3 is 14.8 Å². The molecular formula is C20H17ClN2O4. The van der Waals surface area contributed by atoms with Gasteiger partial charge in [0.2, 0.25) is 0 Å². The summed E-state index contributed by atoms with van der Waals surface area (Å²) in [4.78, 5) is 24.4. The molecule has 7 heteroatoms. The number of ether oxygens (including phenoxy) is 2. The number of nitrogens with one attached hydrogen (secondary N) is 1. The van der Waals surface area contributed by atoms with Crippen LogP contribution in [0.3, 0.4) is 0 Å². The number of halogens is 1. The van der Waals surface area contributed by atoms with E-state index < -0.39 is 18.0 Å². The molecule has 0 spiro atoms. The Kier molecular flexibility index (Phi) is 6.98. The first kappa shape index (κ1) is 20.0. The number of anilines is 1. The Morgan fingerprint density at radius 2 is 1.96 bits per heavy atom. The lowest BCUT2D eigenvalue weighted by Crippen LogP contribution is -2.30. The maximum Gasteiger partial charge on any atom is 0.349 e. The third-order valence-corrected chi connectivity index (χ3v) is 3.73. The standard InChI is InChI=1S/C20H17ClN2O4/c1-13(19(24)23-17-7-4-6-16(21)11-17)27-20(25)15(12-22)9-14-5-3-8-18(10-14)26-2/h3-11,13H,1-2H3,(H,23,24)/b15-9+/t13-/m1/s1. The van der Waals surface area contributed by atoms with Crippen LogP contribution in [-0.2, 0) is 14.3 Å². The van der Waals surface area contributed by atoms with Crippen LogP contribution in [0.25, 0.3) is 6.08 Å². The summed E-state index contributed by atoms with van der Waals surface area (Å²) in [5.41, 5.74) is 0.840. The van der Waals surface area contributed by atoms with Gasteiger partial charge in [0.15, 0.2) is 6.10 Å². The zero-order chi connectivity index (χ0) is 19.8. The van der Waals surface area contributed by atoms with Crippen molar-refractivity contribution in [3.63, 3.8) is 0 Å². The van der Waals surface area contributed by atoms with E-state index in [1.165, 1.54) is 20.1 Å². The first-order valence-corrected chi connectivity index (χ1v) is 8.34. The van der Waals surface area contributed by atoms with Crippen molar-refractivity contribution in [2.75, 3.05) is 12.4 Å². The number of methoxy groups -OCH3 is 1. The van der Waals surface area contributed by atoms with Crippen LogP contribution >= 0.6 is 11.6 Å². The van der Waals surface area contributed by atoms with Crippen molar-refractivity contribution >= 4 is 35.2 Å². The zero-order valence-electron chi connectivity index (χ0n) is 14.7. The lowest BCUT2D eigenvalue weighted by Gasteiger charge is -2.13. The van der Waals surface area contributed by atoms with E-state index in [9.17, 15) is 14.9 Å². The van der Waals surface area contributed by atoms with Gasteiger partial charge in [-0.05, 0) is 48.9 Å². The smallest absolute Gasteiger partial charge is 0.349 e. The number of carbonyl (C=O) groups is 2. The molecule has 6 nitrogen and oxygen atoms in total. The molecule has 1 N–H and O–H groups in total. The summed E-state index contributed by atoms with van der Waals surface area (Å²) in [5.74, 6) is -0.845. The highest BCUT2D eigenvalue weighted by Crippen LogP contribution is 2.17. The Hall–Kier alpha value is -3.30. The number of carbonyl (C=O) groups excluding carboxylic acids is 2. The van der Waals surface area contributed by atoms with Crippen LogP contribution < -0.4 is 10.1 Å². The van der Waals surface area contributed by atoms with E-state index >= 15 is 0 Å². The second kappa shape index (κ2) is 9.41. The molecule has 0 aliphatic carbocycles. The van der Waals surface area contributed by atoms with E-state index in [1.54, 1.807) is 54.6 Å². The van der Waals surface area contributed by atoms with Crippen molar-refractivity contribution in [3.8, 4) is 11.8 Å². The Morgan fingerprint density at radius 3 is 2.63 bits per heavy atom. The highest BCUT2D eigenvalue weighted by Gasteiger charge is 2.20. The van der Waals surface area contributed by atoms with Crippen LogP contribution in [0.2, 0.25) is 5.02 Å². The van der Waals surface area contributed by atoms with Crippen molar-refractivity contribution in [1.82, 2.24) is 0 Å². The number of hydrogen-bond donors (Lipinski definition) is 1. The van der Waals surface area contributed by atoms with Gasteiger partial charge in [-0.15, -0.1) is 0 Å². The maximum absolute atomic E-state index is 12.2. The van der Waals surface area contributed by atoms with E-state index in [0.29, 0.717) is 22.0 Å². The van der Waals surface area contributed by atoms with Gasteiger partial charge in [-0.3, -0.25) is 4.79 Å². The molecule has 0 aromatic heterocycles. The number of benzene rings is 2. The lowest BCUT2D eigenvalue weighted by molar-refractivity contribution is -0.148. The summed E-state index contributed by atoms with van der Waals surface area (Å²) < 4.78 is 10.2. The number of rotatable bonds is 6. The van der Waals surface area contributed by atoms with Crippen LogP contribution in [0.15, 0.2) is 54.1 Å². The molecule has 2 aromatic carbocycles. The molecule has 0 aliphatic rings. The lowest BCUT2D eigenvalue weighted by atomic mass is 10.1. The van der Waals surface area contributed by atoms with E-state index in [2.05, 4.69) is 5.32 Å². The van der Waals surface area contributed by atoms with Crippen molar-refractivity contribution in [2.45, 2.75) is 13.0 Å². The molecule has 1 amide bonds. The molecule has 1 atom stereocenters. The van der Waals surface area contributed by atoms with Crippen molar-refractivity contribution < 1.29 is 19.1 Å². The molecule has 0 fully saturated rings. The number of amides is 1. The third-order valence-electron chi connectivity index (χ3n) is 3.49. The van der Waals surface area contributed by atoms with E-state index in [-0.39, 0.29) is 5.57 Å². The largest absolute Gasteiger partial charge is 0.497 e. The summed E-state index contributed by atoms with van der Waals surface area (Å²) in [6.07, 6.45) is 0.269. The summed E-state index contributed by atoms with van der Waals surface area (Å²) in [6, 6.07) is 15.2. The molecular weight excluding hydrogens is 368 g/mol. The van der Waals surface area contributed by atoms with Crippen LogP contribution in [0, 0.1) is 11.3 Å². The second-order valence-electron chi connectivity index (χ2n) is 5.49. The average Bonchev–Trinajstić information content (AvgIpc) is 2.66. The van der Waals surface area contributed by atoms with Gasteiger partial charge >= 0.3 is 5.97 Å². The van der Waals surface area contributed by atoms with Crippen LogP contribution in [0.1, 0.15) is 12.5 Å². The molecule has 138 valence electrons. The number of nitriles is 1. The number of hydrogen-bond acceptors (Lipinski definition) is 5. The van der Waals surface area contributed by atoms with E-state index in [1.807, 2.05) is 0 Å². The van der Waals surface area contributed by atoms with Gasteiger partial charge in [0.05, 0.1) is 7.11 Å². The van der Waals surface area contributed by atoms with E-state index in [0.717, 1.165) is 0 Å². The Balaban J connectivity index is 2.05. The van der Waals surface area contributed by atoms with Crippen LogP contribution in [-0.4, -0.2) is 25.1 Å². The quantitative estimate of drug-likeness (QED) is 0.464. The minimum atomic E-state index is -1.10. The summed E-state index contributed by atoms with van der Waals surface area (Å²) in [6.45, 7) is 1.42. The van der Waals surface area contributed by atoms with Gasteiger partial charge in [-0.1, -0.05) is 29.8 Å². The SMILES string of the molecule is COc1cccc(/C=C(\C#N)C(=O)O[C@H](C)C(=O)Nc2cccc(Cl)c2)c1. The second-order valence-corrected chi connectivity index (χ2v) is 5.93. The van der Waals surface area contributed by atoms with Crippen molar-refractivity contribution in [1.29, 1.82) is 5.26 Å². The van der Waals surface area contributed by atoms with Crippen molar-refractivity contribution in [2.24, 2.45) is 0 Å². The van der Waals surface area contributed by atoms with Gasteiger partial charge in [0.1, 0.15) is 17.4 Å². The first-order chi connectivity index (χ1) is 12.9. The summed E-state index contributed by atoms with van der Waals surface area (Å²) in [7, 11) is 1.52. The minimum absolute atomic E-state index is 0.231. The van der Waals surface area contributed by atoms with Gasteiger partial charge in [0.25, 0.3) is 5.91 Å². The van der Waals surface area contributed by atoms with E-state index in [4.69, 9.17) is 21.1 Å². The first-order valence-electron chi connectivity index (χ1n) is 7.96. The van der Waals surface area contributed by atoms with Crippen LogP contribution in [0.4, 0.5) is 5.69 Å². The molecule has 0 radical (unpaired) electrons. The topological polar surface area (TPSA) is 88.4 Å². The molecule has 0 bridgehead atoms. The van der Waals surface area contributed by atoms with Crippen LogP contribution in [0.5, 0.6) is 5.75 Å². The fourth-order valence-corrected chi connectivity index (χ4v) is 2.31. The summed E-state index contributed by atoms with van der Waals surface area (Å²) in [5, 5.41) is 12.3. The highest BCUT2D eigenvalue weighted by molar-refractivity contribution is 6.30.